The van der Waals surface area contributed by atoms with Crippen molar-refractivity contribution >= 4 is 34.0 Å². The summed E-state index contributed by atoms with van der Waals surface area (Å²) in [6.45, 7) is 3.25. The van der Waals surface area contributed by atoms with E-state index in [1.54, 1.807) is 19.2 Å². The summed E-state index contributed by atoms with van der Waals surface area (Å²) in [5.41, 5.74) is 0.0948. The van der Waals surface area contributed by atoms with E-state index in [4.69, 9.17) is 16.0 Å². The highest BCUT2D eigenvalue weighted by atomic mass is 35.5. The van der Waals surface area contributed by atoms with Gasteiger partial charge in [-0.2, -0.15) is 13.2 Å². The Morgan fingerprint density at radius 1 is 1.27 bits per heavy atom. The average molecular weight is 401 g/mol. The quantitative estimate of drug-likeness (QED) is 0.591. The number of halogens is 4. The van der Waals surface area contributed by atoms with E-state index in [1.165, 1.54) is 12.1 Å². The zero-order chi connectivity index (χ0) is 19.1. The number of carbonyl (C=O) groups excluding carboxylic acids is 1. The molecule has 9 heteroatoms. The van der Waals surface area contributed by atoms with Crippen molar-refractivity contribution in [2.75, 3.05) is 5.32 Å². The van der Waals surface area contributed by atoms with Crippen molar-refractivity contribution in [3.05, 3.63) is 57.3 Å². The number of benzene rings is 1. The molecule has 0 aliphatic rings. The Morgan fingerprint density at radius 2 is 2.00 bits per heavy atom. The Labute approximate surface area is 155 Å². The van der Waals surface area contributed by atoms with Gasteiger partial charge in [0.25, 0.3) is 5.91 Å². The fraction of sp³-hybridized carbons (Fsp3) is 0.176. The molecule has 0 fully saturated rings. The second-order valence-corrected chi connectivity index (χ2v) is 6.71. The van der Waals surface area contributed by atoms with Crippen molar-refractivity contribution in [3.8, 4) is 11.3 Å². The third kappa shape index (κ3) is 3.61. The minimum Gasteiger partial charge on any atom is -0.464 e. The first-order chi connectivity index (χ1) is 12.2. The Hall–Kier alpha value is -2.32. The van der Waals surface area contributed by atoms with Gasteiger partial charge in [-0.1, -0.05) is 23.7 Å². The van der Waals surface area contributed by atoms with Crippen molar-refractivity contribution in [3.63, 3.8) is 0 Å². The number of hydrogen-bond acceptors (Lipinski definition) is 4. The van der Waals surface area contributed by atoms with Gasteiger partial charge < -0.3 is 4.42 Å². The van der Waals surface area contributed by atoms with Gasteiger partial charge in [0.05, 0.1) is 21.8 Å². The highest BCUT2D eigenvalue weighted by molar-refractivity contribution is 7.14. The van der Waals surface area contributed by atoms with Gasteiger partial charge >= 0.3 is 6.18 Å². The molecule has 0 saturated heterocycles. The predicted molar refractivity (Wildman–Crippen MR) is 93.7 cm³/mol. The smallest absolute Gasteiger partial charge is 0.416 e. The molecule has 4 nitrogen and oxygen atoms in total. The van der Waals surface area contributed by atoms with Crippen LogP contribution in [0.25, 0.3) is 11.3 Å². The lowest BCUT2D eigenvalue weighted by Gasteiger charge is -2.07. The number of furan rings is 1. The Kier molecular flexibility index (Phi) is 4.81. The van der Waals surface area contributed by atoms with E-state index in [-0.39, 0.29) is 15.7 Å². The fourth-order valence-corrected chi connectivity index (χ4v) is 3.37. The van der Waals surface area contributed by atoms with Gasteiger partial charge in [-0.25, -0.2) is 4.98 Å². The molecule has 1 amide bonds. The van der Waals surface area contributed by atoms with E-state index in [0.717, 1.165) is 23.5 Å². The third-order valence-electron chi connectivity index (χ3n) is 3.62. The molecule has 2 aromatic heterocycles. The SMILES string of the molecule is Cc1oc(C)c(C(=O)Nc2nc(-c3cccc(C(F)(F)F)c3)cs2)c1Cl. The number of aryl methyl sites for hydroxylation is 2. The molecule has 3 rings (SSSR count). The molecule has 3 aromatic rings. The summed E-state index contributed by atoms with van der Waals surface area (Å²) < 4.78 is 43.8. The zero-order valence-corrected chi connectivity index (χ0v) is 15.1. The van der Waals surface area contributed by atoms with Crippen LogP contribution in [-0.4, -0.2) is 10.9 Å². The molecular formula is C17H12ClF3N2O2S. The van der Waals surface area contributed by atoms with Crippen molar-refractivity contribution in [2.45, 2.75) is 20.0 Å². The number of anilines is 1. The number of hydrogen-bond donors (Lipinski definition) is 1. The maximum atomic E-state index is 12.8. The van der Waals surface area contributed by atoms with Crippen molar-refractivity contribution < 1.29 is 22.4 Å². The van der Waals surface area contributed by atoms with Crippen LogP contribution >= 0.6 is 22.9 Å². The van der Waals surface area contributed by atoms with Gasteiger partial charge in [0.1, 0.15) is 11.5 Å². The predicted octanol–water partition coefficient (Wildman–Crippen LogP) is 5.94. The van der Waals surface area contributed by atoms with Gasteiger partial charge in [-0.3, -0.25) is 10.1 Å². The first-order valence-corrected chi connectivity index (χ1v) is 8.62. The zero-order valence-electron chi connectivity index (χ0n) is 13.6. The lowest BCUT2D eigenvalue weighted by atomic mass is 10.1. The summed E-state index contributed by atoms with van der Waals surface area (Å²) in [4.78, 5) is 16.5. The number of rotatable bonds is 3. The van der Waals surface area contributed by atoms with Gasteiger partial charge in [0.15, 0.2) is 5.13 Å². The van der Waals surface area contributed by atoms with E-state index in [2.05, 4.69) is 10.3 Å². The summed E-state index contributed by atoms with van der Waals surface area (Å²) in [6, 6.07) is 4.84. The maximum absolute atomic E-state index is 12.8. The molecule has 0 bridgehead atoms. The summed E-state index contributed by atoms with van der Waals surface area (Å²) in [6.07, 6.45) is -4.43. The van der Waals surface area contributed by atoms with Crippen molar-refractivity contribution in [1.29, 1.82) is 0 Å². The van der Waals surface area contributed by atoms with Crippen LogP contribution in [-0.2, 0) is 6.18 Å². The van der Waals surface area contributed by atoms with Crippen LogP contribution in [0.1, 0.15) is 27.4 Å². The Balaban J connectivity index is 1.84. The number of nitrogens with one attached hydrogen (secondary N) is 1. The summed E-state index contributed by atoms with van der Waals surface area (Å²) in [5, 5.41) is 4.62. The Bertz CT molecular complexity index is 979. The average Bonchev–Trinajstić information content (AvgIpc) is 3.11. The lowest BCUT2D eigenvalue weighted by molar-refractivity contribution is -0.137. The van der Waals surface area contributed by atoms with Crippen LogP contribution in [0, 0.1) is 13.8 Å². The number of amides is 1. The molecule has 0 aliphatic carbocycles. The molecule has 0 radical (unpaired) electrons. The highest BCUT2D eigenvalue weighted by Crippen LogP contribution is 2.33. The lowest BCUT2D eigenvalue weighted by Crippen LogP contribution is -2.12. The Morgan fingerprint density at radius 3 is 2.62 bits per heavy atom. The van der Waals surface area contributed by atoms with Crippen LogP contribution in [0.4, 0.5) is 18.3 Å². The standard InChI is InChI=1S/C17H12ClF3N2O2S/c1-8-13(14(18)9(2)25-8)15(24)23-16-22-12(7-26-16)10-4-3-5-11(6-10)17(19,20)21/h3-7H,1-2H3,(H,22,23,24). The van der Waals surface area contributed by atoms with Crippen LogP contribution in [0.5, 0.6) is 0 Å². The minimum atomic E-state index is -4.43. The number of nitrogens with zero attached hydrogens (tertiary/aromatic N) is 1. The molecule has 0 aliphatic heterocycles. The molecule has 0 unspecified atom stereocenters. The monoisotopic (exact) mass is 400 g/mol. The molecule has 0 atom stereocenters. The van der Waals surface area contributed by atoms with Crippen LogP contribution in [0.2, 0.25) is 5.02 Å². The molecule has 136 valence electrons. The van der Waals surface area contributed by atoms with Gasteiger partial charge in [0, 0.05) is 10.9 Å². The molecule has 0 saturated carbocycles. The third-order valence-corrected chi connectivity index (χ3v) is 4.84. The van der Waals surface area contributed by atoms with Gasteiger partial charge in [-0.15, -0.1) is 11.3 Å². The number of alkyl halides is 3. The minimum absolute atomic E-state index is 0.208. The van der Waals surface area contributed by atoms with E-state index >= 15 is 0 Å². The largest absolute Gasteiger partial charge is 0.464 e. The molecule has 26 heavy (non-hydrogen) atoms. The molecular weight excluding hydrogens is 389 g/mol. The first-order valence-electron chi connectivity index (χ1n) is 7.37. The molecule has 1 aromatic carbocycles. The van der Waals surface area contributed by atoms with Gasteiger partial charge in [-0.05, 0) is 26.0 Å². The topological polar surface area (TPSA) is 55.1 Å². The van der Waals surface area contributed by atoms with Crippen molar-refractivity contribution in [2.24, 2.45) is 0 Å². The number of carbonyl (C=O) groups is 1. The second-order valence-electron chi connectivity index (χ2n) is 5.47. The fourth-order valence-electron chi connectivity index (χ4n) is 2.39. The van der Waals surface area contributed by atoms with Crippen LogP contribution in [0.15, 0.2) is 34.1 Å². The molecule has 2 heterocycles. The maximum Gasteiger partial charge on any atom is 0.416 e. The summed E-state index contributed by atoms with van der Waals surface area (Å²) in [5.74, 6) is 0.312. The second kappa shape index (κ2) is 6.77. The van der Waals surface area contributed by atoms with E-state index < -0.39 is 17.6 Å². The summed E-state index contributed by atoms with van der Waals surface area (Å²) >= 11 is 7.16. The van der Waals surface area contributed by atoms with Crippen molar-refractivity contribution in [1.82, 2.24) is 4.98 Å². The number of aromatic nitrogens is 1. The van der Waals surface area contributed by atoms with Gasteiger partial charge in [0.2, 0.25) is 0 Å². The van der Waals surface area contributed by atoms with Crippen LogP contribution < -0.4 is 5.32 Å². The normalized spacial score (nSPS) is 11.6. The van der Waals surface area contributed by atoms with Crippen LogP contribution in [0.3, 0.4) is 0 Å². The van der Waals surface area contributed by atoms with E-state index in [1.807, 2.05) is 0 Å². The molecule has 1 N–H and O–H groups in total. The molecule has 0 spiro atoms. The number of thiazole rings is 1. The summed E-state index contributed by atoms with van der Waals surface area (Å²) in [7, 11) is 0. The van der Waals surface area contributed by atoms with E-state index in [0.29, 0.717) is 22.8 Å². The first kappa shape index (κ1) is 18.5. The highest BCUT2D eigenvalue weighted by Gasteiger charge is 2.30. The van der Waals surface area contributed by atoms with E-state index in [9.17, 15) is 18.0 Å².